The maximum atomic E-state index is 13.0. The first kappa shape index (κ1) is 19.4. The summed E-state index contributed by atoms with van der Waals surface area (Å²) in [4.78, 5) is 26.9. The van der Waals surface area contributed by atoms with Crippen molar-refractivity contribution in [3.8, 4) is 0 Å². The van der Waals surface area contributed by atoms with Crippen LogP contribution in [0.2, 0.25) is 0 Å². The number of carbonyl (C=O) groups is 1. The number of aromatic nitrogens is 2. The molecular formula is C17H19BrFN5O3. The van der Waals surface area contributed by atoms with Crippen LogP contribution in [-0.2, 0) is 17.9 Å². The van der Waals surface area contributed by atoms with E-state index in [1.165, 1.54) is 16.8 Å². The largest absolute Gasteiger partial charge is 0.404 e. The van der Waals surface area contributed by atoms with Gasteiger partial charge in [0.2, 0.25) is 5.91 Å². The second-order valence-electron chi connectivity index (χ2n) is 6.42. The molecule has 1 fully saturated rings. The predicted octanol–water partition coefficient (Wildman–Crippen LogP) is 2.35. The standard InChI is InChI=1S/C17H19BrFN5O3/c1-12-16(18)17(24(26)27)20-23(12)11-15(25)22-8-6-21(7-9-22)10-13-2-4-14(19)5-3-13/h2-5H,6-11H2,1H3. The molecule has 0 atom stereocenters. The van der Waals surface area contributed by atoms with Crippen molar-refractivity contribution >= 4 is 27.7 Å². The highest BCUT2D eigenvalue weighted by atomic mass is 79.9. The number of piperazine rings is 1. The van der Waals surface area contributed by atoms with Gasteiger partial charge in [0.05, 0.1) is 10.8 Å². The lowest BCUT2D eigenvalue weighted by Gasteiger charge is -2.34. The SMILES string of the molecule is Cc1c(Br)c([N+](=O)[O-])nn1CC(=O)N1CCN(Cc2ccc(F)cc2)CC1. The molecule has 1 aliphatic rings. The Morgan fingerprint density at radius 2 is 1.89 bits per heavy atom. The summed E-state index contributed by atoms with van der Waals surface area (Å²) in [5, 5.41) is 14.9. The molecule has 1 aromatic heterocycles. The highest BCUT2D eigenvalue weighted by molar-refractivity contribution is 9.10. The number of rotatable bonds is 5. The van der Waals surface area contributed by atoms with Crippen molar-refractivity contribution in [2.24, 2.45) is 0 Å². The fourth-order valence-corrected chi connectivity index (χ4v) is 3.44. The molecule has 2 heterocycles. The molecule has 0 N–H and O–H groups in total. The second-order valence-corrected chi connectivity index (χ2v) is 7.21. The molecule has 1 amide bonds. The number of hydrogen-bond donors (Lipinski definition) is 0. The molecule has 2 aromatic rings. The minimum absolute atomic E-state index is 0.0315. The van der Waals surface area contributed by atoms with Crippen molar-refractivity contribution in [2.75, 3.05) is 26.2 Å². The Bertz CT molecular complexity index is 847. The summed E-state index contributed by atoms with van der Waals surface area (Å²) in [7, 11) is 0. The van der Waals surface area contributed by atoms with Crippen LogP contribution in [0.3, 0.4) is 0 Å². The third-order valence-electron chi connectivity index (χ3n) is 4.62. The fraction of sp³-hybridized carbons (Fsp3) is 0.412. The van der Waals surface area contributed by atoms with Crippen LogP contribution in [0.4, 0.5) is 10.2 Å². The Labute approximate surface area is 163 Å². The van der Waals surface area contributed by atoms with Gasteiger partial charge in [0, 0.05) is 32.7 Å². The van der Waals surface area contributed by atoms with E-state index in [0.29, 0.717) is 42.9 Å². The van der Waals surface area contributed by atoms with Crippen LogP contribution < -0.4 is 0 Å². The minimum atomic E-state index is -0.577. The quantitative estimate of drug-likeness (QED) is 0.527. The summed E-state index contributed by atoms with van der Waals surface area (Å²) in [6.45, 7) is 4.93. The summed E-state index contributed by atoms with van der Waals surface area (Å²) >= 11 is 3.15. The average Bonchev–Trinajstić information content (AvgIpc) is 2.93. The Balaban J connectivity index is 1.55. The van der Waals surface area contributed by atoms with Gasteiger partial charge in [0.1, 0.15) is 16.8 Å². The number of amides is 1. The van der Waals surface area contributed by atoms with Crippen LogP contribution in [0, 0.1) is 22.9 Å². The van der Waals surface area contributed by atoms with Gasteiger partial charge < -0.3 is 15.0 Å². The molecule has 0 saturated carbocycles. The zero-order valence-corrected chi connectivity index (χ0v) is 16.4. The molecule has 0 bridgehead atoms. The minimum Gasteiger partial charge on any atom is -0.358 e. The van der Waals surface area contributed by atoms with Gasteiger partial charge in [-0.3, -0.25) is 9.69 Å². The summed E-state index contributed by atoms with van der Waals surface area (Å²) < 4.78 is 14.6. The lowest BCUT2D eigenvalue weighted by molar-refractivity contribution is -0.390. The Morgan fingerprint density at radius 3 is 2.44 bits per heavy atom. The van der Waals surface area contributed by atoms with Crippen molar-refractivity contribution < 1.29 is 14.1 Å². The Morgan fingerprint density at radius 1 is 1.26 bits per heavy atom. The molecule has 0 spiro atoms. The normalized spacial score (nSPS) is 15.1. The smallest absolute Gasteiger partial charge is 0.358 e. The molecule has 1 aliphatic heterocycles. The molecule has 10 heteroatoms. The van der Waals surface area contributed by atoms with Crippen LogP contribution in [0.1, 0.15) is 11.3 Å². The van der Waals surface area contributed by atoms with Gasteiger partial charge in [0.25, 0.3) is 0 Å². The van der Waals surface area contributed by atoms with Crippen LogP contribution in [0.5, 0.6) is 0 Å². The van der Waals surface area contributed by atoms with E-state index in [0.717, 1.165) is 5.56 Å². The van der Waals surface area contributed by atoms with E-state index in [-0.39, 0.29) is 24.1 Å². The van der Waals surface area contributed by atoms with Crippen molar-refractivity contribution in [1.82, 2.24) is 19.6 Å². The van der Waals surface area contributed by atoms with E-state index in [1.807, 2.05) is 0 Å². The lowest BCUT2D eigenvalue weighted by atomic mass is 10.2. The number of carbonyl (C=O) groups excluding carboxylic acids is 1. The first-order valence-electron chi connectivity index (χ1n) is 8.47. The zero-order valence-electron chi connectivity index (χ0n) is 14.8. The van der Waals surface area contributed by atoms with E-state index < -0.39 is 4.92 Å². The van der Waals surface area contributed by atoms with Crippen LogP contribution in [-0.4, -0.2) is 56.6 Å². The fourth-order valence-electron chi connectivity index (χ4n) is 3.01. The topological polar surface area (TPSA) is 84.5 Å². The van der Waals surface area contributed by atoms with E-state index in [4.69, 9.17) is 0 Å². The summed E-state index contributed by atoms with van der Waals surface area (Å²) in [5.74, 6) is -0.663. The molecular weight excluding hydrogens is 421 g/mol. The molecule has 1 aromatic carbocycles. The van der Waals surface area contributed by atoms with Crippen LogP contribution in [0.15, 0.2) is 28.7 Å². The molecule has 1 saturated heterocycles. The van der Waals surface area contributed by atoms with Gasteiger partial charge in [-0.15, -0.1) is 0 Å². The van der Waals surface area contributed by atoms with Gasteiger partial charge in [-0.2, -0.15) is 4.68 Å². The highest BCUT2D eigenvalue weighted by Gasteiger charge is 2.27. The van der Waals surface area contributed by atoms with Gasteiger partial charge in [-0.05, 0) is 45.5 Å². The van der Waals surface area contributed by atoms with Crippen LogP contribution in [0.25, 0.3) is 0 Å². The number of nitrogens with zero attached hydrogens (tertiary/aromatic N) is 5. The number of halogens is 2. The van der Waals surface area contributed by atoms with Crippen LogP contribution >= 0.6 is 15.9 Å². The molecule has 8 nitrogen and oxygen atoms in total. The molecule has 0 unspecified atom stereocenters. The molecule has 0 aliphatic carbocycles. The van der Waals surface area contributed by atoms with E-state index in [2.05, 4.69) is 25.9 Å². The van der Waals surface area contributed by atoms with Crippen molar-refractivity contribution in [2.45, 2.75) is 20.0 Å². The zero-order chi connectivity index (χ0) is 19.6. The monoisotopic (exact) mass is 439 g/mol. The van der Waals surface area contributed by atoms with E-state index in [1.54, 1.807) is 24.0 Å². The first-order chi connectivity index (χ1) is 12.8. The third-order valence-corrected chi connectivity index (χ3v) is 5.55. The van der Waals surface area contributed by atoms with Gasteiger partial charge in [-0.1, -0.05) is 12.1 Å². The van der Waals surface area contributed by atoms with Gasteiger partial charge in [0.15, 0.2) is 0 Å². The van der Waals surface area contributed by atoms with E-state index >= 15 is 0 Å². The number of benzene rings is 1. The Kier molecular flexibility index (Phi) is 5.85. The molecule has 27 heavy (non-hydrogen) atoms. The maximum Gasteiger partial charge on any atom is 0.404 e. The van der Waals surface area contributed by atoms with Crippen molar-refractivity contribution in [3.63, 3.8) is 0 Å². The second kappa shape index (κ2) is 8.13. The Hall–Kier alpha value is -2.33. The maximum absolute atomic E-state index is 13.0. The summed E-state index contributed by atoms with van der Waals surface area (Å²) in [6, 6.07) is 6.41. The average molecular weight is 440 g/mol. The highest BCUT2D eigenvalue weighted by Crippen LogP contribution is 2.27. The summed E-state index contributed by atoms with van der Waals surface area (Å²) in [6.07, 6.45) is 0. The van der Waals surface area contributed by atoms with Crippen molar-refractivity contribution in [3.05, 3.63) is 55.9 Å². The molecule has 3 rings (SSSR count). The van der Waals surface area contributed by atoms with Gasteiger partial charge in [-0.25, -0.2) is 4.39 Å². The van der Waals surface area contributed by atoms with Crippen molar-refractivity contribution in [1.29, 1.82) is 0 Å². The lowest BCUT2D eigenvalue weighted by Crippen LogP contribution is -2.49. The van der Waals surface area contributed by atoms with E-state index in [9.17, 15) is 19.3 Å². The number of hydrogen-bond acceptors (Lipinski definition) is 5. The predicted molar refractivity (Wildman–Crippen MR) is 99.6 cm³/mol. The number of nitro groups is 1. The first-order valence-corrected chi connectivity index (χ1v) is 9.26. The van der Waals surface area contributed by atoms with Gasteiger partial charge >= 0.3 is 5.82 Å². The molecule has 144 valence electrons. The molecule has 0 radical (unpaired) electrons. The summed E-state index contributed by atoms with van der Waals surface area (Å²) in [5.41, 5.74) is 1.57. The third kappa shape index (κ3) is 4.51.